The standard InChI is InChI=1S/C9H15FN4/c1-3-14(2)5-4-11-9-7-12-8(10)6-13-9/h6-7H,3-5H2,1-2H3,(H,11,13). The Balaban J connectivity index is 2.28. The van der Waals surface area contributed by atoms with Crippen molar-refractivity contribution in [2.24, 2.45) is 0 Å². The van der Waals surface area contributed by atoms with Gasteiger partial charge in [0.05, 0.1) is 12.4 Å². The van der Waals surface area contributed by atoms with Crippen molar-refractivity contribution < 1.29 is 4.39 Å². The zero-order valence-electron chi connectivity index (χ0n) is 8.50. The van der Waals surface area contributed by atoms with Crippen molar-refractivity contribution in [1.82, 2.24) is 14.9 Å². The minimum absolute atomic E-state index is 0.554. The smallest absolute Gasteiger partial charge is 0.231 e. The van der Waals surface area contributed by atoms with E-state index in [4.69, 9.17) is 0 Å². The SMILES string of the molecule is CCN(C)CCNc1cnc(F)cn1. The molecule has 5 heteroatoms. The Kier molecular flexibility index (Phi) is 4.25. The van der Waals surface area contributed by atoms with Crippen molar-refractivity contribution >= 4 is 5.82 Å². The van der Waals surface area contributed by atoms with Crippen LogP contribution in [0.3, 0.4) is 0 Å². The molecule has 0 aliphatic heterocycles. The molecule has 1 heterocycles. The van der Waals surface area contributed by atoms with Crippen LogP contribution in [0.25, 0.3) is 0 Å². The maximum Gasteiger partial charge on any atom is 0.231 e. The fourth-order valence-electron chi connectivity index (χ4n) is 0.937. The van der Waals surface area contributed by atoms with Gasteiger partial charge >= 0.3 is 0 Å². The number of halogens is 1. The number of rotatable bonds is 5. The molecule has 0 saturated heterocycles. The first kappa shape index (κ1) is 10.8. The van der Waals surface area contributed by atoms with Crippen LogP contribution < -0.4 is 5.32 Å². The molecule has 1 rings (SSSR count). The molecule has 0 bridgehead atoms. The molecular weight excluding hydrogens is 183 g/mol. The Morgan fingerprint density at radius 3 is 2.79 bits per heavy atom. The average molecular weight is 198 g/mol. The Morgan fingerprint density at radius 2 is 2.21 bits per heavy atom. The predicted octanol–water partition coefficient (Wildman–Crippen LogP) is 0.979. The van der Waals surface area contributed by atoms with Gasteiger partial charge in [-0.1, -0.05) is 6.92 Å². The number of anilines is 1. The highest BCUT2D eigenvalue weighted by Gasteiger charge is 1.96. The molecule has 14 heavy (non-hydrogen) atoms. The first-order chi connectivity index (χ1) is 6.72. The monoisotopic (exact) mass is 198 g/mol. The van der Waals surface area contributed by atoms with Crippen LogP contribution in [0, 0.1) is 5.95 Å². The summed E-state index contributed by atoms with van der Waals surface area (Å²) < 4.78 is 12.4. The first-order valence-electron chi connectivity index (χ1n) is 4.62. The lowest BCUT2D eigenvalue weighted by Crippen LogP contribution is -2.24. The van der Waals surface area contributed by atoms with E-state index in [0.29, 0.717) is 5.82 Å². The lowest BCUT2D eigenvalue weighted by Gasteiger charge is -2.13. The normalized spacial score (nSPS) is 10.6. The average Bonchev–Trinajstić information content (AvgIpc) is 2.21. The van der Waals surface area contributed by atoms with Crippen molar-refractivity contribution in [3.8, 4) is 0 Å². The molecule has 1 N–H and O–H groups in total. The summed E-state index contributed by atoms with van der Waals surface area (Å²) in [5.74, 6) is 0.0529. The highest BCUT2D eigenvalue weighted by atomic mass is 19.1. The van der Waals surface area contributed by atoms with Gasteiger partial charge in [-0.15, -0.1) is 0 Å². The van der Waals surface area contributed by atoms with Crippen molar-refractivity contribution in [2.75, 3.05) is 32.0 Å². The molecule has 0 aromatic carbocycles. The molecule has 0 saturated carbocycles. The second-order valence-electron chi connectivity index (χ2n) is 3.05. The minimum atomic E-state index is -0.554. The van der Waals surface area contributed by atoms with Crippen LogP contribution in [0.4, 0.5) is 10.2 Å². The molecule has 1 aromatic heterocycles. The van der Waals surface area contributed by atoms with Crippen molar-refractivity contribution in [1.29, 1.82) is 0 Å². The molecule has 0 spiro atoms. The van der Waals surface area contributed by atoms with Gasteiger partial charge in [0.15, 0.2) is 0 Å². The number of hydrogen-bond acceptors (Lipinski definition) is 4. The number of nitrogens with one attached hydrogen (secondary N) is 1. The third kappa shape index (κ3) is 3.66. The van der Waals surface area contributed by atoms with Gasteiger partial charge in [0, 0.05) is 13.1 Å². The Hall–Kier alpha value is -1.23. The van der Waals surface area contributed by atoms with Gasteiger partial charge in [-0.05, 0) is 13.6 Å². The van der Waals surface area contributed by atoms with Crippen molar-refractivity contribution in [3.63, 3.8) is 0 Å². The molecule has 0 aliphatic rings. The minimum Gasteiger partial charge on any atom is -0.368 e. The fraction of sp³-hybridized carbons (Fsp3) is 0.556. The summed E-state index contributed by atoms with van der Waals surface area (Å²) in [5.41, 5.74) is 0. The lowest BCUT2D eigenvalue weighted by molar-refractivity contribution is 0.367. The van der Waals surface area contributed by atoms with Gasteiger partial charge < -0.3 is 10.2 Å². The molecule has 78 valence electrons. The summed E-state index contributed by atoms with van der Waals surface area (Å²) in [6.07, 6.45) is 2.49. The van der Waals surface area contributed by atoms with Gasteiger partial charge in [-0.25, -0.2) is 9.97 Å². The van der Waals surface area contributed by atoms with Crippen LogP contribution in [-0.2, 0) is 0 Å². The molecule has 0 radical (unpaired) electrons. The molecule has 4 nitrogen and oxygen atoms in total. The topological polar surface area (TPSA) is 41.0 Å². The van der Waals surface area contributed by atoms with Crippen LogP contribution in [-0.4, -0.2) is 41.5 Å². The number of hydrogen-bond donors (Lipinski definition) is 1. The van der Waals surface area contributed by atoms with E-state index >= 15 is 0 Å². The van der Waals surface area contributed by atoms with E-state index in [2.05, 4.69) is 27.1 Å². The fourth-order valence-corrected chi connectivity index (χ4v) is 0.937. The summed E-state index contributed by atoms with van der Waals surface area (Å²) in [6, 6.07) is 0. The van der Waals surface area contributed by atoms with Crippen LogP contribution in [0.15, 0.2) is 12.4 Å². The first-order valence-corrected chi connectivity index (χ1v) is 4.62. The molecule has 0 fully saturated rings. The quantitative estimate of drug-likeness (QED) is 0.765. The van der Waals surface area contributed by atoms with Gasteiger partial charge in [-0.2, -0.15) is 4.39 Å². The van der Waals surface area contributed by atoms with Gasteiger partial charge in [-0.3, -0.25) is 0 Å². The summed E-state index contributed by atoms with van der Waals surface area (Å²) in [7, 11) is 2.04. The zero-order chi connectivity index (χ0) is 10.4. The molecule has 1 aromatic rings. The molecule has 0 unspecified atom stereocenters. The number of aromatic nitrogens is 2. The number of nitrogens with zero attached hydrogens (tertiary/aromatic N) is 3. The second-order valence-corrected chi connectivity index (χ2v) is 3.05. The summed E-state index contributed by atoms with van der Waals surface area (Å²) >= 11 is 0. The predicted molar refractivity (Wildman–Crippen MR) is 53.7 cm³/mol. The maximum absolute atomic E-state index is 12.4. The van der Waals surface area contributed by atoms with Crippen LogP contribution in [0.1, 0.15) is 6.92 Å². The third-order valence-electron chi connectivity index (χ3n) is 1.96. The van der Waals surface area contributed by atoms with Crippen LogP contribution >= 0.6 is 0 Å². The van der Waals surface area contributed by atoms with E-state index in [-0.39, 0.29) is 0 Å². The highest BCUT2D eigenvalue weighted by molar-refractivity contribution is 5.29. The Labute approximate surface area is 83.2 Å². The van der Waals surface area contributed by atoms with E-state index in [1.165, 1.54) is 6.20 Å². The molecular formula is C9H15FN4. The highest BCUT2D eigenvalue weighted by Crippen LogP contribution is 1.98. The van der Waals surface area contributed by atoms with E-state index in [9.17, 15) is 4.39 Å². The van der Waals surface area contributed by atoms with E-state index in [1.54, 1.807) is 0 Å². The van der Waals surface area contributed by atoms with Crippen molar-refractivity contribution in [3.05, 3.63) is 18.3 Å². The number of likely N-dealkylation sites (N-methyl/N-ethyl adjacent to an activating group) is 1. The Bertz CT molecular complexity index is 262. The van der Waals surface area contributed by atoms with Crippen LogP contribution in [0.2, 0.25) is 0 Å². The summed E-state index contributed by atoms with van der Waals surface area (Å²) in [6.45, 7) is 4.81. The second kappa shape index (κ2) is 5.49. The summed E-state index contributed by atoms with van der Waals surface area (Å²) in [4.78, 5) is 9.50. The van der Waals surface area contributed by atoms with Crippen LogP contribution in [0.5, 0.6) is 0 Å². The van der Waals surface area contributed by atoms with E-state index < -0.39 is 5.95 Å². The third-order valence-corrected chi connectivity index (χ3v) is 1.96. The molecule has 0 amide bonds. The van der Waals surface area contributed by atoms with E-state index in [1.807, 2.05) is 7.05 Å². The van der Waals surface area contributed by atoms with Gasteiger partial charge in [0.1, 0.15) is 5.82 Å². The zero-order valence-corrected chi connectivity index (χ0v) is 8.50. The van der Waals surface area contributed by atoms with Gasteiger partial charge in [0.2, 0.25) is 5.95 Å². The lowest BCUT2D eigenvalue weighted by atomic mass is 10.5. The molecule has 0 atom stereocenters. The Morgan fingerprint density at radius 1 is 1.43 bits per heavy atom. The molecule has 0 aliphatic carbocycles. The summed E-state index contributed by atoms with van der Waals surface area (Å²) in [5, 5.41) is 3.06. The maximum atomic E-state index is 12.4. The van der Waals surface area contributed by atoms with E-state index in [0.717, 1.165) is 25.8 Å². The van der Waals surface area contributed by atoms with Gasteiger partial charge in [0.25, 0.3) is 0 Å². The van der Waals surface area contributed by atoms with Crippen molar-refractivity contribution in [2.45, 2.75) is 6.92 Å². The largest absolute Gasteiger partial charge is 0.368 e.